The van der Waals surface area contributed by atoms with E-state index in [-0.39, 0.29) is 0 Å². The molecule has 0 aromatic heterocycles. The summed E-state index contributed by atoms with van der Waals surface area (Å²) in [4.78, 5) is 12.5. The quantitative estimate of drug-likeness (QED) is 0.390. The number of rotatable bonds is 8. The van der Waals surface area contributed by atoms with E-state index >= 15 is 0 Å². The van der Waals surface area contributed by atoms with Crippen molar-refractivity contribution in [3.8, 4) is 0 Å². The van der Waals surface area contributed by atoms with Gasteiger partial charge in [-0.1, -0.05) is 0 Å². The first-order chi connectivity index (χ1) is 6.20. The molecule has 0 aliphatic carbocycles. The first-order valence-corrected chi connectivity index (χ1v) is 7.47. The second kappa shape index (κ2) is 9.23. The highest BCUT2D eigenvalue weighted by Crippen LogP contribution is 2.17. The molecular formula is C8H16INO2S. The van der Waals surface area contributed by atoms with Crippen molar-refractivity contribution in [2.24, 2.45) is 5.92 Å². The summed E-state index contributed by atoms with van der Waals surface area (Å²) in [6, 6.07) is 0. The van der Waals surface area contributed by atoms with E-state index in [0.29, 0.717) is 18.9 Å². The second-order valence-corrected chi connectivity index (χ2v) is 4.65. The molecule has 0 aromatic rings. The summed E-state index contributed by atoms with van der Waals surface area (Å²) in [5, 5.41) is 0. The third kappa shape index (κ3) is 8.99. The molecule has 0 spiro atoms. The summed E-state index contributed by atoms with van der Waals surface area (Å²) in [6.07, 6.45) is 2.59. The Labute approximate surface area is 96.4 Å². The monoisotopic (exact) mass is 317 g/mol. The smallest absolute Gasteiger partial charge is 0.120 e. The molecule has 0 N–H and O–H groups in total. The van der Waals surface area contributed by atoms with Gasteiger partial charge in [0, 0.05) is 27.6 Å². The molecule has 0 aliphatic rings. The van der Waals surface area contributed by atoms with Gasteiger partial charge in [0.2, 0.25) is 0 Å². The average molecular weight is 317 g/mol. The Morgan fingerprint density at radius 3 is 2.77 bits per heavy atom. The minimum absolute atomic E-state index is 0.363. The van der Waals surface area contributed by atoms with E-state index in [1.807, 2.05) is 14.1 Å². The van der Waals surface area contributed by atoms with Crippen LogP contribution in [0.15, 0.2) is 0 Å². The van der Waals surface area contributed by atoms with Crippen LogP contribution in [0.1, 0.15) is 12.8 Å². The van der Waals surface area contributed by atoms with Gasteiger partial charge in [-0.2, -0.15) is 0 Å². The highest BCUT2D eigenvalue weighted by Gasteiger charge is 2.08. The molecule has 1 unspecified atom stereocenters. The van der Waals surface area contributed by atoms with Crippen molar-refractivity contribution >= 4 is 36.7 Å². The van der Waals surface area contributed by atoms with E-state index < -0.39 is 0 Å². The molecule has 78 valence electrons. The van der Waals surface area contributed by atoms with Crippen molar-refractivity contribution in [2.45, 2.75) is 12.8 Å². The Morgan fingerprint density at radius 1 is 1.62 bits per heavy atom. The van der Waals surface area contributed by atoms with Crippen LogP contribution in [0.25, 0.3) is 0 Å². The maximum absolute atomic E-state index is 10.3. The Bertz CT molecular complexity index is 135. The lowest BCUT2D eigenvalue weighted by Crippen LogP contribution is -2.19. The van der Waals surface area contributed by atoms with Gasteiger partial charge in [0.05, 0.1) is 15.8 Å². The minimum atomic E-state index is 0.363. The lowest BCUT2D eigenvalue weighted by Gasteiger charge is -2.15. The maximum atomic E-state index is 10.3. The third-order valence-electron chi connectivity index (χ3n) is 1.76. The van der Waals surface area contributed by atoms with Gasteiger partial charge in [0.15, 0.2) is 0 Å². The fourth-order valence-corrected chi connectivity index (χ4v) is 1.65. The zero-order chi connectivity index (χ0) is 10.1. The fraction of sp³-hybridized carbons (Fsp3) is 0.875. The van der Waals surface area contributed by atoms with E-state index in [4.69, 9.17) is 4.18 Å². The summed E-state index contributed by atoms with van der Waals surface area (Å²) in [5.74, 6) is 0.363. The fourth-order valence-electron chi connectivity index (χ4n) is 0.968. The molecule has 1 atom stereocenters. The zero-order valence-corrected chi connectivity index (χ0v) is 11.0. The number of nitrogens with zero attached hydrogens (tertiary/aromatic N) is 1. The molecule has 0 heterocycles. The van der Waals surface area contributed by atoms with Gasteiger partial charge in [-0.15, -0.1) is 0 Å². The van der Waals surface area contributed by atoms with Gasteiger partial charge in [0.1, 0.15) is 6.29 Å². The van der Waals surface area contributed by atoms with Crippen LogP contribution in [-0.4, -0.2) is 38.4 Å². The molecule has 5 heteroatoms. The zero-order valence-electron chi connectivity index (χ0n) is 8.03. The molecule has 0 rings (SSSR count). The van der Waals surface area contributed by atoms with E-state index in [9.17, 15) is 4.79 Å². The van der Waals surface area contributed by atoms with Crippen LogP contribution in [0.2, 0.25) is 0 Å². The van der Waals surface area contributed by atoms with Crippen LogP contribution < -0.4 is 0 Å². The largest absolute Gasteiger partial charge is 0.309 e. The molecular weight excluding hydrogens is 301 g/mol. The van der Waals surface area contributed by atoms with Crippen LogP contribution in [0, 0.1) is 5.92 Å². The maximum Gasteiger partial charge on any atom is 0.120 e. The summed E-state index contributed by atoms with van der Waals surface area (Å²) >= 11 is 2.09. The van der Waals surface area contributed by atoms with E-state index in [2.05, 4.69) is 26.1 Å². The van der Waals surface area contributed by atoms with Crippen molar-refractivity contribution in [1.82, 2.24) is 4.90 Å². The minimum Gasteiger partial charge on any atom is -0.309 e. The Morgan fingerprint density at radius 2 is 2.31 bits per heavy atom. The molecule has 13 heavy (non-hydrogen) atoms. The predicted octanol–water partition coefficient (Wildman–Crippen LogP) is 2.16. The molecule has 0 amide bonds. The normalized spacial score (nSPS) is 13.2. The van der Waals surface area contributed by atoms with Crippen molar-refractivity contribution < 1.29 is 8.98 Å². The number of hydrogen-bond donors (Lipinski definition) is 0. The first-order valence-electron chi connectivity index (χ1n) is 4.19. The molecule has 0 fully saturated rings. The summed E-state index contributed by atoms with van der Waals surface area (Å²) in [5.41, 5.74) is 0. The SMILES string of the molecule is CN(C)CCC(CC=O)COSI. The van der Waals surface area contributed by atoms with Crippen LogP contribution in [0.4, 0.5) is 0 Å². The van der Waals surface area contributed by atoms with Crippen molar-refractivity contribution in [1.29, 1.82) is 0 Å². The van der Waals surface area contributed by atoms with Crippen LogP contribution in [0.3, 0.4) is 0 Å². The molecule has 3 nitrogen and oxygen atoms in total. The van der Waals surface area contributed by atoms with Gasteiger partial charge in [-0.05, 0) is 33.0 Å². The van der Waals surface area contributed by atoms with E-state index in [1.54, 1.807) is 0 Å². The molecule has 0 saturated heterocycles. The van der Waals surface area contributed by atoms with E-state index in [0.717, 1.165) is 19.3 Å². The van der Waals surface area contributed by atoms with Crippen molar-refractivity contribution in [2.75, 3.05) is 27.2 Å². The lowest BCUT2D eigenvalue weighted by molar-refractivity contribution is -0.108. The molecule has 0 bridgehead atoms. The molecule has 0 radical (unpaired) electrons. The van der Waals surface area contributed by atoms with Crippen molar-refractivity contribution in [3.63, 3.8) is 0 Å². The predicted molar refractivity (Wildman–Crippen MR) is 64.9 cm³/mol. The van der Waals surface area contributed by atoms with Gasteiger partial charge >= 0.3 is 0 Å². The van der Waals surface area contributed by atoms with Crippen LogP contribution in [0.5, 0.6) is 0 Å². The number of halogens is 1. The highest BCUT2D eigenvalue weighted by molar-refractivity contribution is 14.2. The second-order valence-electron chi connectivity index (χ2n) is 3.21. The number of carbonyl (C=O) groups excluding carboxylic acids is 1. The summed E-state index contributed by atoms with van der Waals surface area (Å²) < 4.78 is 5.21. The van der Waals surface area contributed by atoms with Gasteiger partial charge in [0.25, 0.3) is 0 Å². The Hall–Kier alpha value is 0.670. The van der Waals surface area contributed by atoms with E-state index in [1.165, 1.54) is 9.21 Å². The topological polar surface area (TPSA) is 29.5 Å². The Balaban J connectivity index is 3.59. The number of aldehydes is 1. The molecule has 0 aromatic carbocycles. The number of carbonyl (C=O) groups is 1. The van der Waals surface area contributed by atoms with Crippen molar-refractivity contribution in [3.05, 3.63) is 0 Å². The van der Waals surface area contributed by atoms with Crippen LogP contribution >= 0.6 is 30.4 Å². The Kier molecular flexibility index (Phi) is 9.71. The molecule has 0 aliphatic heterocycles. The lowest BCUT2D eigenvalue weighted by atomic mass is 10.0. The molecule has 0 saturated carbocycles. The average Bonchev–Trinajstić information content (AvgIpc) is 2.09. The summed E-state index contributed by atoms with van der Waals surface area (Å²) in [6.45, 7) is 1.67. The third-order valence-corrected chi connectivity index (χ3v) is 2.75. The highest BCUT2D eigenvalue weighted by atomic mass is 127. The van der Waals surface area contributed by atoms with Gasteiger partial charge < -0.3 is 13.9 Å². The van der Waals surface area contributed by atoms with Gasteiger partial charge in [-0.25, -0.2) is 0 Å². The number of hydrogen-bond acceptors (Lipinski definition) is 4. The van der Waals surface area contributed by atoms with Crippen LogP contribution in [-0.2, 0) is 8.98 Å². The summed E-state index contributed by atoms with van der Waals surface area (Å²) in [7, 11) is 5.40. The van der Waals surface area contributed by atoms with Gasteiger partial charge in [-0.3, -0.25) is 0 Å². The standard InChI is InChI=1S/C8H16INO2S/c1-10(2)5-3-8(4-6-11)7-12-13-9/h6,8H,3-5,7H2,1-2H3. The first kappa shape index (κ1) is 13.7.